The second-order valence-corrected chi connectivity index (χ2v) is 5.82. The van der Waals surface area contributed by atoms with Gasteiger partial charge in [0.1, 0.15) is 0 Å². The number of amides is 1. The number of nitrogens with zero attached hydrogens (tertiary/aromatic N) is 3. The number of methoxy groups -OCH3 is 2. The minimum atomic E-state index is 0.106. The Kier molecular flexibility index (Phi) is 5.33. The minimum Gasteiger partial charge on any atom is -0.481 e. The van der Waals surface area contributed by atoms with Gasteiger partial charge in [0.15, 0.2) is 0 Å². The van der Waals surface area contributed by atoms with Crippen LogP contribution in [-0.4, -0.2) is 48.1 Å². The molecule has 2 heterocycles. The zero-order valence-electron chi connectivity index (χ0n) is 14.5. The van der Waals surface area contributed by atoms with Crippen LogP contribution in [0.15, 0.2) is 30.3 Å². The predicted molar refractivity (Wildman–Crippen MR) is 94.0 cm³/mol. The summed E-state index contributed by atoms with van der Waals surface area (Å²) in [4.78, 5) is 22.6. The van der Waals surface area contributed by atoms with Crippen molar-refractivity contribution >= 4 is 11.6 Å². The van der Waals surface area contributed by atoms with Crippen LogP contribution in [0.4, 0.5) is 5.69 Å². The first-order valence-corrected chi connectivity index (χ1v) is 8.29. The fourth-order valence-electron chi connectivity index (χ4n) is 2.76. The van der Waals surface area contributed by atoms with Crippen LogP contribution in [0, 0.1) is 0 Å². The van der Waals surface area contributed by atoms with Crippen molar-refractivity contribution < 1.29 is 14.3 Å². The molecule has 132 valence electrons. The van der Waals surface area contributed by atoms with Gasteiger partial charge in [0.2, 0.25) is 5.88 Å². The summed E-state index contributed by atoms with van der Waals surface area (Å²) >= 11 is 0. The lowest BCUT2D eigenvalue weighted by Crippen LogP contribution is -2.27. The predicted octanol–water partition coefficient (Wildman–Crippen LogP) is 2.34. The van der Waals surface area contributed by atoms with Crippen LogP contribution in [0.3, 0.4) is 0 Å². The molecule has 0 bridgehead atoms. The molecule has 1 amide bonds. The summed E-state index contributed by atoms with van der Waals surface area (Å²) in [5.41, 5.74) is 2.38. The van der Waals surface area contributed by atoms with E-state index in [1.54, 1.807) is 13.2 Å². The van der Waals surface area contributed by atoms with Crippen LogP contribution < -0.4 is 14.8 Å². The molecule has 0 unspecified atom stereocenters. The van der Waals surface area contributed by atoms with Gasteiger partial charge in [-0.15, -0.1) is 0 Å². The van der Waals surface area contributed by atoms with Gasteiger partial charge in [0.05, 0.1) is 26.5 Å². The zero-order valence-corrected chi connectivity index (χ0v) is 14.5. The molecule has 1 fully saturated rings. The fourth-order valence-corrected chi connectivity index (χ4v) is 2.76. The summed E-state index contributed by atoms with van der Waals surface area (Å²) < 4.78 is 10.2. The summed E-state index contributed by atoms with van der Waals surface area (Å²) in [6.07, 6.45) is 2.19. The number of aromatic nitrogens is 2. The molecular formula is C18H22N4O3. The third-order valence-corrected chi connectivity index (χ3v) is 4.13. The molecule has 1 aliphatic heterocycles. The first-order valence-electron chi connectivity index (χ1n) is 8.29. The standard InChI is InChI=1S/C18H22N4O3/c1-24-16-11-15(20-18(21-16)25-2)12-19-14-7-5-13(6-8-14)17(23)22-9-3-4-10-22/h5-8,11,19H,3-4,9-10,12H2,1-2H3. The van der Waals surface area contributed by atoms with Gasteiger partial charge >= 0.3 is 6.01 Å². The molecule has 1 saturated heterocycles. The van der Waals surface area contributed by atoms with E-state index in [4.69, 9.17) is 9.47 Å². The van der Waals surface area contributed by atoms with Gasteiger partial charge in [-0.25, -0.2) is 0 Å². The molecule has 0 aliphatic carbocycles. The Labute approximate surface area is 147 Å². The molecule has 1 aromatic carbocycles. The maximum Gasteiger partial charge on any atom is 0.319 e. The summed E-state index contributed by atoms with van der Waals surface area (Å²) in [7, 11) is 3.07. The monoisotopic (exact) mass is 342 g/mol. The van der Waals surface area contributed by atoms with Gasteiger partial charge in [-0.2, -0.15) is 9.97 Å². The van der Waals surface area contributed by atoms with Gasteiger partial charge in [-0.05, 0) is 37.1 Å². The third-order valence-electron chi connectivity index (χ3n) is 4.13. The normalized spacial score (nSPS) is 13.6. The van der Waals surface area contributed by atoms with Crippen molar-refractivity contribution in [3.05, 3.63) is 41.6 Å². The molecule has 7 nitrogen and oxygen atoms in total. The summed E-state index contributed by atoms with van der Waals surface area (Å²) in [5, 5.41) is 3.27. The summed E-state index contributed by atoms with van der Waals surface area (Å²) in [6, 6.07) is 9.52. The Hall–Kier alpha value is -2.83. The first-order chi connectivity index (χ1) is 12.2. The number of hydrogen-bond acceptors (Lipinski definition) is 6. The highest BCUT2D eigenvalue weighted by Gasteiger charge is 2.19. The topological polar surface area (TPSA) is 76.6 Å². The lowest BCUT2D eigenvalue weighted by atomic mass is 10.2. The van der Waals surface area contributed by atoms with Gasteiger partial charge in [0, 0.05) is 30.4 Å². The van der Waals surface area contributed by atoms with Crippen LogP contribution in [0.25, 0.3) is 0 Å². The number of anilines is 1. The quantitative estimate of drug-likeness (QED) is 0.868. The van der Waals surface area contributed by atoms with E-state index < -0.39 is 0 Å². The average Bonchev–Trinajstić information content (AvgIpc) is 3.20. The second-order valence-electron chi connectivity index (χ2n) is 5.82. The van der Waals surface area contributed by atoms with E-state index in [2.05, 4.69) is 15.3 Å². The summed E-state index contributed by atoms with van der Waals surface area (Å²) in [5.74, 6) is 0.560. The zero-order chi connectivity index (χ0) is 17.6. The molecule has 1 aliphatic rings. The van der Waals surface area contributed by atoms with E-state index in [1.165, 1.54) is 7.11 Å². The molecule has 1 aromatic heterocycles. The Balaban J connectivity index is 1.63. The number of ether oxygens (including phenoxy) is 2. The third kappa shape index (κ3) is 4.17. The Morgan fingerprint density at radius 1 is 1.12 bits per heavy atom. The Bertz CT molecular complexity index is 705. The number of hydrogen-bond donors (Lipinski definition) is 1. The molecule has 0 radical (unpaired) electrons. The molecule has 3 rings (SSSR count). The number of carbonyl (C=O) groups is 1. The molecule has 7 heteroatoms. The van der Waals surface area contributed by atoms with E-state index in [0.29, 0.717) is 12.4 Å². The number of carbonyl (C=O) groups excluding carboxylic acids is 1. The highest BCUT2D eigenvalue weighted by molar-refractivity contribution is 5.94. The molecule has 0 atom stereocenters. The van der Waals surface area contributed by atoms with Gasteiger partial charge in [-0.3, -0.25) is 4.79 Å². The van der Waals surface area contributed by atoms with E-state index in [0.717, 1.165) is 42.9 Å². The van der Waals surface area contributed by atoms with Crippen LogP contribution in [0.5, 0.6) is 11.9 Å². The van der Waals surface area contributed by atoms with Crippen LogP contribution in [0.2, 0.25) is 0 Å². The smallest absolute Gasteiger partial charge is 0.319 e. The number of likely N-dealkylation sites (tertiary alicyclic amines) is 1. The van der Waals surface area contributed by atoms with Gasteiger partial charge < -0.3 is 19.7 Å². The largest absolute Gasteiger partial charge is 0.481 e. The number of benzene rings is 1. The van der Waals surface area contributed by atoms with Gasteiger partial charge in [-0.1, -0.05) is 0 Å². The molecule has 2 aromatic rings. The number of rotatable bonds is 6. The summed E-state index contributed by atoms with van der Waals surface area (Å²) in [6.45, 7) is 2.21. The van der Waals surface area contributed by atoms with Crippen molar-refractivity contribution in [3.8, 4) is 11.9 Å². The Morgan fingerprint density at radius 3 is 2.48 bits per heavy atom. The minimum absolute atomic E-state index is 0.106. The van der Waals surface area contributed by atoms with E-state index in [1.807, 2.05) is 29.2 Å². The van der Waals surface area contributed by atoms with Crippen molar-refractivity contribution in [3.63, 3.8) is 0 Å². The fraction of sp³-hybridized carbons (Fsp3) is 0.389. The van der Waals surface area contributed by atoms with Crippen molar-refractivity contribution in [2.45, 2.75) is 19.4 Å². The lowest BCUT2D eigenvalue weighted by molar-refractivity contribution is 0.0793. The SMILES string of the molecule is COc1cc(CNc2ccc(C(=O)N3CCCC3)cc2)nc(OC)n1. The van der Waals surface area contributed by atoms with Crippen molar-refractivity contribution in [1.29, 1.82) is 0 Å². The van der Waals surface area contributed by atoms with E-state index in [9.17, 15) is 4.79 Å². The van der Waals surface area contributed by atoms with Crippen molar-refractivity contribution in [1.82, 2.24) is 14.9 Å². The average molecular weight is 342 g/mol. The molecular weight excluding hydrogens is 320 g/mol. The molecule has 25 heavy (non-hydrogen) atoms. The van der Waals surface area contributed by atoms with E-state index in [-0.39, 0.29) is 11.9 Å². The van der Waals surface area contributed by atoms with Gasteiger partial charge in [0.25, 0.3) is 5.91 Å². The first kappa shape index (κ1) is 17.0. The maximum absolute atomic E-state index is 12.3. The molecule has 1 N–H and O–H groups in total. The van der Waals surface area contributed by atoms with Crippen LogP contribution in [-0.2, 0) is 6.54 Å². The van der Waals surface area contributed by atoms with Crippen LogP contribution in [0.1, 0.15) is 28.9 Å². The van der Waals surface area contributed by atoms with Crippen molar-refractivity contribution in [2.24, 2.45) is 0 Å². The highest BCUT2D eigenvalue weighted by atomic mass is 16.5. The van der Waals surface area contributed by atoms with Crippen molar-refractivity contribution in [2.75, 3.05) is 32.6 Å². The highest BCUT2D eigenvalue weighted by Crippen LogP contribution is 2.17. The molecule has 0 saturated carbocycles. The maximum atomic E-state index is 12.3. The number of nitrogens with one attached hydrogen (secondary N) is 1. The molecule has 0 spiro atoms. The second kappa shape index (κ2) is 7.83. The Morgan fingerprint density at radius 2 is 1.84 bits per heavy atom. The van der Waals surface area contributed by atoms with Crippen LogP contribution >= 0.6 is 0 Å². The van der Waals surface area contributed by atoms with E-state index >= 15 is 0 Å². The lowest BCUT2D eigenvalue weighted by Gasteiger charge is -2.15.